The number of aliphatic carboxylic acids is 1. The van der Waals surface area contributed by atoms with Crippen molar-refractivity contribution in [1.82, 2.24) is 10.3 Å². The molecule has 32 heavy (non-hydrogen) atoms. The van der Waals surface area contributed by atoms with Crippen molar-refractivity contribution in [3.8, 4) is 5.75 Å². The van der Waals surface area contributed by atoms with E-state index in [0.29, 0.717) is 16.8 Å². The zero-order valence-corrected chi connectivity index (χ0v) is 17.9. The first-order chi connectivity index (χ1) is 15.1. The van der Waals surface area contributed by atoms with Crippen molar-refractivity contribution >= 4 is 28.8 Å². The van der Waals surface area contributed by atoms with Crippen LogP contribution in [0.15, 0.2) is 51.4 Å². The molecule has 1 aliphatic rings. The number of carboxylic acids is 1. The second kappa shape index (κ2) is 8.42. The van der Waals surface area contributed by atoms with Crippen molar-refractivity contribution in [2.45, 2.75) is 31.8 Å². The molecule has 0 saturated heterocycles. The molecule has 0 bridgehead atoms. The van der Waals surface area contributed by atoms with Gasteiger partial charge in [0.05, 0.1) is 5.56 Å². The lowest BCUT2D eigenvalue weighted by atomic mass is 10.1. The molecular formula is C22H19F3N2O4S. The SMILES string of the molecule is CC1=C(COc2ccc(C)c3oc(CC(=O)O)nc23)SC(c2ccc(C(F)(F)F)cc2)N1. The molecule has 2 heterocycles. The molecule has 3 aromatic rings. The zero-order chi connectivity index (χ0) is 23.0. The molecule has 2 aromatic carbocycles. The van der Waals surface area contributed by atoms with E-state index in [1.165, 1.54) is 23.9 Å². The topological polar surface area (TPSA) is 84.6 Å². The second-order valence-corrected chi connectivity index (χ2v) is 8.54. The maximum absolute atomic E-state index is 12.8. The number of carboxylic acid groups (broad SMARTS) is 1. The van der Waals surface area contributed by atoms with Crippen molar-refractivity contribution in [1.29, 1.82) is 0 Å². The van der Waals surface area contributed by atoms with Gasteiger partial charge in [0.1, 0.15) is 24.2 Å². The van der Waals surface area contributed by atoms with Crippen LogP contribution in [0.25, 0.3) is 11.1 Å². The highest BCUT2D eigenvalue weighted by atomic mass is 32.2. The van der Waals surface area contributed by atoms with Crippen molar-refractivity contribution in [2.75, 3.05) is 6.61 Å². The highest BCUT2D eigenvalue weighted by Gasteiger charge is 2.31. The standard InChI is InChI=1S/C22H19F3N2O4S/c1-11-3-8-15(19-20(11)31-17(27-19)9-18(28)29)30-10-16-12(2)26-21(32-16)13-4-6-14(7-5-13)22(23,24)25/h3-8,21,26H,9-10H2,1-2H3,(H,28,29). The molecule has 0 radical (unpaired) electrons. The molecule has 0 saturated carbocycles. The number of aromatic nitrogens is 1. The molecule has 0 amide bonds. The fraction of sp³-hybridized carbons (Fsp3) is 0.273. The largest absolute Gasteiger partial charge is 0.486 e. The van der Waals surface area contributed by atoms with Gasteiger partial charge in [-0.3, -0.25) is 4.79 Å². The Morgan fingerprint density at radius 3 is 2.59 bits per heavy atom. The molecule has 168 valence electrons. The number of rotatable bonds is 6. The van der Waals surface area contributed by atoms with E-state index in [-0.39, 0.29) is 24.3 Å². The van der Waals surface area contributed by atoms with Gasteiger partial charge in [0.15, 0.2) is 11.1 Å². The summed E-state index contributed by atoms with van der Waals surface area (Å²) in [5.74, 6) is -0.480. The molecule has 0 spiro atoms. The Labute approximate surface area is 185 Å². The van der Waals surface area contributed by atoms with Crippen molar-refractivity contribution in [2.24, 2.45) is 0 Å². The third-order valence-corrected chi connectivity index (χ3v) is 6.31. The number of halogens is 3. The molecular weight excluding hydrogens is 445 g/mol. The monoisotopic (exact) mass is 464 g/mol. The molecule has 4 rings (SSSR count). The van der Waals surface area contributed by atoms with E-state index in [0.717, 1.165) is 33.9 Å². The summed E-state index contributed by atoms with van der Waals surface area (Å²) in [5.41, 5.74) is 2.65. The predicted molar refractivity (Wildman–Crippen MR) is 113 cm³/mol. The van der Waals surface area contributed by atoms with E-state index < -0.39 is 17.7 Å². The predicted octanol–water partition coefficient (Wildman–Crippen LogP) is 5.43. The van der Waals surface area contributed by atoms with E-state index in [9.17, 15) is 18.0 Å². The molecule has 6 nitrogen and oxygen atoms in total. The van der Waals surface area contributed by atoms with Crippen LogP contribution in [0.1, 0.15) is 34.9 Å². The van der Waals surface area contributed by atoms with Crippen LogP contribution in [0.4, 0.5) is 13.2 Å². The van der Waals surface area contributed by atoms with Gasteiger partial charge < -0.3 is 19.6 Å². The Balaban J connectivity index is 1.47. The number of carbonyl (C=O) groups is 1. The summed E-state index contributed by atoms with van der Waals surface area (Å²) in [7, 11) is 0. The summed E-state index contributed by atoms with van der Waals surface area (Å²) in [5, 5.41) is 12.0. The zero-order valence-electron chi connectivity index (χ0n) is 17.1. The minimum absolute atomic E-state index is 0.0984. The number of benzene rings is 2. The maximum atomic E-state index is 12.8. The van der Waals surface area contributed by atoms with Gasteiger partial charge in [-0.05, 0) is 43.2 Å². The van der Waals surface area contributed by atoms with E-state index in [1.807, 2.05) is 13.8 Å². The van der Waals surface area contributed by atoms with Crippen molar-refractivity contribution < 1.29 is 32.2 Å². The van der Waals surface area contributed by atoms with Crippen molar-refractivity contribution in [3.05, 3.63) is 69.6 Å². The number of aryl methyl sites for hydroxylation is 1. The van der Waals surface area contributed by atoms with Gasteiger partial charge in [0, 0.05) is 10.6 Å². The molecule has 1 unspecified atom stereocenters. The van der Waals surface area contributed by atoms with Crippen molar-refractivity contribution in [3.63, 3.8) is 0 Å². The number of oxazole rings is 1. The fourth-order valence-electron chi connectivity index (χ4n) is 3.30. The lowest BCUT2D eigenvalue weighted by Gasteiger charge is -2.14. The Hall–Kier alpha value is -3.14. The molecule has 1 aromatic heterocycles. The third kappa shape index (κ3) is 4.55. The highest BCUT2D eigenvalue weighted by molar-refractivity contribution is 8.03. The normalized spacial score (nSPS) is 16.5. The molecule has 1 aliphatic heterocycles. The first-order valence-corrected chi connectivity index (χ1v) is 10.5. The van der Waals surface area contributed by atoms with Crippen LogP contribution < -0.4 is 10.1 Å². The fourth-order valence-corrected chi connectivity index (χ4v) is 4.47. The number of fused-ring (bicyclic) bond motifs is 1. The quantitative estimate of drug-likeness (QED) is 0.503. The summed E-state index contributed by atoms with van der Waals surface area (Å²) in [6.07, 6.45) is -4.70. The van der Waals surface area contributed by atoms with Crippen LogP contribution in [-0.4, -0.2) is 22.7 Å². The average molecular weight is 464 g/mol. The van der Waals surface area contributed by atoms with Crippen LogP contribution >= 0.6 is 11.8 Å². The van der Waals surface area contributed by atoms with Gasteiger partial charge >= 0.3 is 12.1 Å². The molecule has 2 N–H and O–H groups in total. The smallest absolute Gasteiger partial charge is 0.416 e. The number of nitrogens with one attached hydrogen (secondary N) is 1. The van der Waals surface area contributed by atoms with E-state index in [1.54, 1.807) is 12.1 Å². The lowest BCUT2D eigenvalue weighted by Crippen LogP contribution is -2.12. The van der Waals surface area contributed by atoms with Gasteiger partial charge in [-0.25, -0.2) is 4.98 Å². The van der Waals surface area contributed by atoms with Crippen LogP contribution in [-0.2, 0) is 17.4 Å². The number of alkyl halides is 3. The number of thioether (sulfide) groups is 1. The number of nitrogens with zero attached hydrogens (tertiary/aromatic N) is 1. The van der Waals surface area contributed by atoms with Gasteiger partial charge in [0.25, 0.3) is 0 Å². The summed E-state index contributed by atoms with van der Waals surface area (Å²) >= 11 is 1.47. The van der Waals surface area contributed by atoms with Gasteiger partial charge in [-0.15, -0.1) is 0 Å². The van der Waals surface area contributed by atoms with E-state index >= 15 is 0 Å². The minimum atomic E-state index is -4.37. The Kier molecular flexibility index (Phi) is 5.81. The third-order valence-electron chi connectivity index (χ3n) is 4.98. The highest BCUT2D eigenvalue weighted by Crippen LogP contribution is 2.41. The maximum Gasteiger partial charge on any atom is 0.416 e. The van der Waals surface area contributed by atoms with Crippen LogP contribution in [0.5, 0.6) is 5.75 Å². The number of ether oxygens (including phenoxy) is 1. The molecule has 0 aliphatic carbocycles. The Morgan fingerprint density at radius 1 is 1.22 bits per heavy atom. The first-order valence-electron chi connectivity index (χ1n) is 9.65. The van der Waals surface area contributed by atoms with E-state index in [4.69, 9.17) is 14.3 Å². The average Bonchev–Trinajstić information content (AvgIpc) is 3.31. The lowest BCUT2D eigenvalue weighted by molar-refractivity contribution is -0.138. The Morgan fingerprint density at radius 2 is 1.94 bits per heavy atom. The summed E-state index contributed by atoms with van der Waals surface area (Å²) in [6, 6.07) is 8.63. The van der Waals surface area contributed by atoms with Crippen LogP contribution in [0, 0.1) is 6.92 Å². The second-order valence-electron chi connectivity index (χ2n) is 7.34. The first kappa shape index (κ1) is 22.1. The van der Waals surface area contributed by atoms with E-state index in [2.05, 4.69) is 10.3 Å². The molecule has 1 atom stereocenters. The van der Waals surface area contributed by atoms with Crippen LogP contribution in [0.2, 0.25) is 0 Å². The summed E-state index contributed by atoms with van der Waals surface area (Å²) in [6.45, 7) is 3.93. The number of allylic oxidation sites excluding steroid dienone is 1. The van der Waals surface area contributed by atoms with Gasteiger partial charge in [-0.1, -0.05) is 30.0 Å². The van der Waals surface area contributed by atoms with Gasteiger partial charge in [0.2, 0.25) is 5.89 Å². The van der Waals surface area contributed by atoms with Gasteiger partial charge in [-0.2, -0.15) is 13.2 Å². The van der Waals surface area contributed by atoms with Crippen LogP contribution in [0.3, 0.4) is 0 Å². The summed E-state index contributed by atoms with van der Waals surface area (Å²) < 4.78 is 49.9. The molecule has 10 heteroatoms. The number of hydrogen-bond donors (Lipinski definition) is 2. The Bertz CT molecular complexity index is 1200. The minimum Gasteiger partial charge on any atom is -0.486 e. The summed E-state index contributed by atoms with van der Waals surface area (Å²) in [4.78, 5) is 16.1. The number of hydrogen-bond acceptors (Lipinski definition) is 6. The molecule has 0 fully saturated rings.